The van der Waals surface area contributed by atoms with E-state index in [1.807, 2.05) is 18.2 Å². The van der Waals surface area contributed by atoms with E-state index in [4.69, 9.17) is 0 Å². The lowest BCUT2D eigenvalue weighted by molar-refractivity contribution is -0.126. The molecule has 0 saturated heterocycles. The summed E-state index contributed by atoms with van der Waals surface area (Å²) in [5.41, 5.74) is 5.72. The van der Waals surface area contributed by atoms with Gasteiger partial charge in [0.05, 0.1) is 0 Å². The second-order valence-electron chi connectivity index (χ2n) is 2.97. The number of benzene rings is 1. The van der Waals surface area contributed by atoms with Crippen molar-refractivity contribution in [2.75, 3.05) is 0 Å². The zero-order valence-corrected chi connectivity index (χ0v) is 9.17. The maximum absolute atomic E-state index is 11.3. The van der Waals surface area contributed by atoms with Gasteiger partial charge in [0.25, 0.3) is 0 Å². The Bertz CT molecular complexity index is 551. The lowest BCUT2D eigenvalue weighted by Gasteiger charge is -2.15. The molecule has 76 valence electrons. The molecule has 0 amide bonds. The molecule has 1 aromatic carbocycles. The fourth-order valence-corrected chi connectivity index (χ4v) is 1.84. The minimum atomic E-state index is -0.574. The predicted octanol–water partition coefficient (Wildman–Crippen LogP) is -0.869. The summed E-state index contributed by atoms with van der Waals surface area (Å²) >= 11 is 3.32. The average molecular weight is 267 g/mol. The van der Waals surface area contributed by atoms with E-state index < -0.39 is 5.78 Å². The molecule has 15 heavy (non-hydrogen) atoms. The van der Waals surface area contributed by atoms with E-state index in [-0.39, 0.29) is 5.70 Å². The SMILES string of the molecule is O=CC(=O)C1=c2ccccc2=C(Br)NN1. The zero-order valence-electron chi connectivity index (χ0n) is 7.58. The van der Waals surface area contributed by atoms with Gasteiger partial charge in [-0.3, -0.25) is 20.4 Å². The van der Waals surface area contributed by atoms with Gasteiger partial charge in [0, 0.05) is 10.4 Å². The molecular formula is C10H7BrN2O2. The maximum atomic E-state index is 11.3. The number of halogens is 1. The molecule has 1 aromatic rings. The molecule has 4 nitrogen and oxygen atoms in total. The Balaban J connectivity index is 2.85. The van der Waals surface area contributed by atoms with Gasteiger partial charge in [-0.2, -0.15) is 0 Å². The molecule has 2 rings (SSSR count). The fourth-order valence-electron chi connectivity index (χ4n) is 1.40. The molecule has 0 atom stereocenters. The molecule has 1 heterocycles. The van der Waals surface area contributed by atoms with Crippen molar-refractivity contribution >= 4 is 38.3 Å². The van der Waals surface area contributed by atoms with E-state index in [1.165, 1.54) is 0 Å². The number of hydrazine groups is 1. The summed E-state index contributed by atoms with van der Waals surface area (Å²) in [7, 11) is 0. The van der Waals surface area contributed by atoms with Gasteiger partial charge in [-0.15, -0.1) is 0 Å². The molecule has 0 saturated carbocycles. The minimum absolute atomic E-state index is 0.267. The summed E-state index contributed by atoms with van der Waals surface area (Å²) in [6.45, 7) is 0. The Morgan fingerprint density at radius 3 is 2.53 bits per heavy atom. The lowest BCUT2D eigenvalue weighted by Crippen LogP contribution is -2.47. The van der Waals surface area contributed by atoms with Crippen LogP contribution < -0.4 is 21.3 Å². The van der Waals surface area contributed by atoms with Crippen LogP contribution >= 0.6 is 15.9 Å². The largest absolute Gasteiger partial charge is 0.296 e. The third kappa shape index (κ3) is 1.66. The third-order valence-electron chi connectivity index (χ3n) is 2.08. The molecule has 1 aliphatic heterocycles. The molecule has 2 N–H and O–H groups in total. The Hall–Kier alpha value is -1.62. The van der Waals surface area contributed by atoms with Crippen molar-refractivity contribution in [2.45, 2.75) is 0 Å². The number of carbonyl (C=O) groups excluding carboxylic acids is 2. The summed E-state index contributed by atoms with van der Waals surface area (Å²) in [6, 6.07) is 7.30. The number of carbonyl (C=O) groups is 2. The third-order valence-corrected chi connectivity index (χ3v) is 2.71. The van der Waals surface area contributed by atoms with Gasteiger partial charge in [0.2, 0.25) is 5.78 Å². The molecule has 0 bridgehead atoms. The van der Waals surface area contributed by atoms with Gasteiger partial charge >= 0.3 is 0 Å². The summed E-state index contributed by atoms with van der Waals surface area (Å²) in [6.07, 6.45) is 0.292. The maximum Gasteiger partial charge on any atom is 0.243 e. The molecule has 0 radical (unpaired) electrons. The Morgan fingerprint density at radius 2 is 1.87 bits per heavy atom. The first kappa shape index (κ1) is 9.92. The lowest BCUT2D eigenvalue weighted by atomic mass is 10.1. The van der Waals surface area contributed by atoms with Crippen molar-refractivity contribution in [3.8, 4) is 0 Å². The van der Waals surface area contributed by atoms with E-state index in [0.29, 0.717) is 11.5 Å². The molecule has 0 fully saturated rings. The normalized spacial score (nSPS) is 13.7. The van der Waals surface area contributed by atoms with Crippen molar-refractivity contribution in [3.05, 3.63) is 34.7 Å². The number of aldehydes is 1. The highest BCUT2D eigenvalue weighted by atomic mass is 79.9. The second-order valence-corrected chi connectivity index (χ2v) is 3.76. The van der Waals surface area contributed by atoms with Crippen LogP contribution in [-0.4, -0.2) is 12.1 Å². The van der Waals surface area contributed by atoms with Gasteiger partial charge in [-0.05, 0) is 15.9 Å². The smallest absolute Gasteiger partial charge is 0.243 e. The van der Waals surface area contributed by atoms with Gasteiger partial charge in [-0.1, -0.05) is 24.3 Å². The van der Waals surface area contributed by atoms with Crippen LogP contribution in [0, 0.1) is 0 Å². The van der Waals surface area contributed by atoms with E-state index in [9.17, 15) is 9.59 Å². The summed E-state index contributed by atoms with van der Waals surface area (Å²) in [5.74, 6) is -0.574. The van der Waals surface area contributed by atoms with Crippen molar-refractivity contribution in [1.29, 1.82) is 0 Å². The fraction of sp³-hybridized carbons (Fsp3) is 0. The number of nitrogens with one attached hydrogen (secondary N) is 2. The van der Waals surface area contributed by atoms with Crippen LogP contribution in [0.2, 0.25) is 0 Å². The highest BCUT2D eigenvalue weighted by Crippen LogP contribution is 2.00. The summed E-state index contributed by atoms with van der Waals surface area (Å²) in [5, 5.41) is 1.56. The number of ketones is 1. The molecule has 0 spiro atoms. The second kappa shape index (κ2) is 3.86. The number of hydrogen-bond acceptors (Lipinski definition) is 4. The van der Waals surface area contributed by atoms with Gasteiger partial charge in [-0.25, -0.2) is 0 Å². The van der Waals surface area contributed by atoms with E-state index in [2.05, 4.69) is 26.8 Å². The summed E-state index contributed by atoms with van der Waals surface area (Å²) in [4.78, 5) is 21.7. The number of fused-ring (bicyclic) bond motifs is 1. The first-order valence-corrected chi connectivity index (χ1v) is 5.04. The van der Waals surface area contributed by atoms with Crippen LogP contribution in [0.25, 0.3) is 10.3 Å². The van der Waals surface area contributed by atoms with Gasteiger partial charge in [0.1, 0.15) is 10.3 Å². The quantitative estimate of drug-likeness (QED) is 0.415. The molecule has 0 aromatic heterocycles. The molecule has 1 aliphatic rings. The minimum Gasteiger partial charge on any atom is -0.296 e. The van der Waals surface area contributed by atoms with E-state index in [1.54, 1.807) is 6.07 Å². The molecule has 0 unspecified atom stereocenters. The van der Waals surface area contributed by atoms with Crippen molar-refractivity contribution in [1.82, 2.24) is 10.9 Å². The van der Waals surface area contributed by atoms with Crippen molar-refractivity contribution < 1.29 is 9.59 Å². The number of hydrogen-bond donors (Lipinski definition) is 2. The van der Waals surface area contributed by atoms with Gasteiger partial charge < -0.3 is 0 Å². The zero-order chi connectivity index (χ0) is 10.8. The monoisotopic (exact) mass is 266 g/mol. The van der Waals surface area contributed by atoms with Crippen molar-refractivity contribution in [3.63, 3.8) is 0 Å². The standard InChI is InChI=1S/C10H7BrN2O2/c11-10-7-4-2-1-3-6(7)9(12-13-10)8(15)5-14/h1-5,12-13H. The molecular weight excluding hydrogens is 260 g/mol. The Kier molecular flexibility index (Phi) is 2.55. The Morgan fingerprint density at radius 1 is 1.20 bits per heavy atom. The summed E-state index contributed by atoms with van der Waals surface area (Å²) < 4.78 is 0.737. The van der Waals surface area contributed by atoms with Crippen LogP contribution in [0.5, 0.6) is 0 Å². The highest BCUT2D eigenvalue weighted by molar-refractivity contribution is 9.14. The predicted molar refractivity (Wildman–Crippen MR) is 58.8 cm³/mol. The van der Waals surface area contributed by atoms with Crippen LogP contribution in [0.3, 0.4) is 0 Å². The molecule has 5 heteroatoms. The average Bonchev–Trinajstić information content (AvgIpc) is 2.29. The van der Waals surface area contributed by atoms with E-state index >= 15 is 0 Å². The highest BCUT2D eigenvalue weighted by Gasteiger charge is 2.13. The molecule has 0 aliphatic carbocycles. The topological polar surface area (TPSA) is 58.2 Å². The van der Waals surface area contributed by atoms with Gasteiger partial charge in [0.15, 0.2) is 6.29 Å². The first-order chi connectivity index (χ1) is 7.24. The van der Waals surface area contributed by atoms with Crippen LogP contribution in [0.15, 0.2) is 24.3 Å². The van der Waals surface area contributed by atoms with Crippen LogP contribution in [-0.2, 0) is 9.59 Å². The number of Topliss-reactive ketones (excluding diaryl/α,β-unsaturated/α-hetero) is 1. The Labute approximate surface area is 93.8 Å². The number of rotatable bonds is 2. The van der Waals surface area contributed by atoms with E-state index in [0.717, 1.165) is 9.82 Å². The van der Waals surface area contributed by atoms with Crippen LogP contribution in [0.1, 0.15) is 0 Å². The van der Waals surface area contributed by atoms with Crippen molar-refractivity contribution in [2.24, 2.45) is 0 Å². The first-order valence-electron chi connectivity index (χ1n) is 4.24. The van der Waals surface area contributed by atoms with Crippen LogP contribution in [0.4, 0.5) is 0 Å².